The first-order valence-corrected chi connectivity index (χ1v) is 14.2. The molecule has 0 atom stereocenters. The van der Waals surface area contributed by atoms with Crippen molar-refractivity contribution in [2.75, 3.05) is 30.9 Å². The van der Waals surface area contributed by atoms with Crippen LogP contribution in [0, 0.1) is 0 Å². The molecule has 3 aromatic rings. The molecule has 37 heavy (non-hydrogen) atoms. The molecular formula is C27H31N3O5S2. The van der Waals surface area contributed by atoms with Crippen LogP contribution in [0.25, 0.3) is 11.3 Å². The largest absolute Gasteiger partial charge is 0.490 e. The summed E-state index contributed by atoms with van der Waals surface area (Å²) in [5.41, 5.74) is 1.91. The quantitative estimate of drug-likeness (QED) is 0.271. The molecule has 0 aliphatic heterocycles. The molecule has 1 heterocycles. The maximum Gasteiger partial charge on any atom is 0.256 e. The van der Waals surface area contributed by atoms with E-state index in [0.29, 0.717) is 63.7 Å². The Bertz CT molecular complexity index is 1200. The molecule has 196 valence electrons. The number of hydrogen-bond acceptors (Lipinski definition) is 8. The third-order valence-corrected chi connectivity index (χ3v) is 7.44. The third-order valence-electron chi connectivity index (χ3n) is 5.32. The molecule has 0 bridgehead atoms. The highest BCUT2D eigenvalue weighted by Crippen LogP contribution is 2.41. The van der Waals surface area contributed by atoms with Gasteiger partial charge in [0.1, 0.15) is 10.7 Å². The lowest BCUT2D eigenvalue weighted by atomic mass is 10.1. The summed E-state index contributed by atoms with van der Waals surface area (Å²) in [5, 5.41) is 6.61. The summed E-state index contributed by atoms with van der Waals surface area (Å²) in [6.45, 7) is 6.89. The highest BCUT2D eigenvalue weighted by molar-refractivity contribution is 8.01. The van der Waals surface area contributed by atoms with Crippen LogP contribution in [0.15, 0.2) is 46.8 Å². The molecule has 0 unspecified atom stereocenters. The maximum absolute atomic E-state index is 13.4. The van der Waals surface area contributed by atoms with Crippen LogP contribution in [-0.4, -0.2) is 48.4 Å². The van der Waals surface area contributed by atoms with Gasteiger partial charge in [-0.1, -0.05) is 53.4 Å². The van der Waals surface area contributed by atoms with E-state index < -0.39 is 0 Å². The first-order chi connectivity index (χ1) is 18.0. The van der Waals surface area contributed by atoms with Gasteiger partial charge >= 0.3 is 0 Å². The molecular weight excluding hydrogens is 510 g/mol. The Labute approximate surface area is 225 Å². The van der Waals surface area contributed by atoms with Gasteiger partial charge in [0.25, 0.3) is 5.91 Å². The van der Waals surface area contributed by atoms with E-state index in [4.69, 9.17) is 19.2 Å². The van der Waals surface area contributed by atoms with Crippen LogP contribution in [-0.2, 0) is 4.79 Å². The molecule has 2 amide bonds. The molecule has 1 fully saturated rings. The van der Waals surface area contributed by atoms with Crippen molar-refractivity contribution in [1.82, 2.24) is 10.3 Å². The number of carbonyl (C=O) groups is 2. The number of ether oxygens (including phenoxy) is 3. The van der Waals surface area contributed by atoms with Gasteiger partial charge in [0.2, 0.25) is 11.7 Å². The number of carbonyl (C=O) groups excluding carboxylic acids is 2. The third kappa shape index (κ3) is 7.17. The van der Waals surface area contributed by atoms with E-state index in [9.17, 15) is 9.59 Å². The predicted octanol–water partition coefficient (Wildman–Crippen LogP) is 5.63. The van der Waals surface area contributed by atoms with Gasteiger partial charge in [-0.25, -0.2) is 4.98 Å². The number of nitrogens with one attached hydrogen (secondary N) is 2. The molecule has 4 rings (SSSR count). The number of aromatic nitrogens is 1. The fourth-order valence-corrected chi connectivity index (χ4v) is 5.43. The van der Waals surface area contributed by atoms with Crippen molar-refractivity contribution in [3.63, 3.8) is 0 Å². The Morgan fingerprint density at radius 3 is 2.24 bits per heavy atom. The molecule has 1 aromatic heterocycles. The lowest BCUT2D eigenvalue weighted by Crippen LogP contribution is -2.26. The zero-order valence-corrected chi connectivity index (χ0v) is 22.8. The van der Waals surface area contributed by atoms with E-state index in [2.05, 4.69) is 10.6 Å². The summed E-state index contributed by atoms with van der Waals surface area (Å²) in [6.07, 6.45) is 2.09. The molecule has 0 radical (unpaired) electrons. The van der Waals surface area contributed by atoms with E-state index in [-0.39, 0.29) is 17.6 Å². The average molecular weight is 542 g/mol. The fraction of sp³-hybridized carbons (Fsp3) is 0.370. The van der Waals surface area contributed by atoms with Gasteiger partial charge in [0.15, 0.2) is 15.8 Å². The first-order valence-electron chi connectivity index (χ1n) is 12.4. The standard InChI is InChI=1S/C27H31N3O5S2/c1-4-33-20-14-18(15-21(34-5-2)24(20)35-6-3)25(32)30-26-23(17-10-8-7-9-11-17)29-27(37-26)36-16-22(31)28-19-12-13-19/h7-11,14-15,19H,4-6,12-13,16H2,1-3H3,(H,28,31)(H,30,32). The highest BCUT2D eigenvalue weighted by atomic mass is 32.2. The van der Waals surface area contributed by atoms with Gasteiger partial charge in [-0.05, 0) is 45.7 Å². The van der Waals surface area contributed by atoms with Crippen LogP contribution in [0.3, 0.4) is 0 Å². The number of thioether (sulfide) groups is 1. The van der Waals surface area contributed by atoms with E-state index in [1.54, 1.807) is 12.1 Å². The van der Waals surface area contributed by atoms with Crippen LogP contribution in [0.5, 0.6) is 17.2 Å². The Morgan fingerprint density at radius 2 is 1.65 bits per heavy atom. The number of rotatable bonds is 13. The van der Waals surface area contributed by atoms with E-state index in [1.165, 1.54) is 23.1 Å². The average Bonchev–Trinajstić information content (AvgIpc) is 3.62. The minimum atomic E-state index is -0.325. The lowest BCUT2D eigenvalue weighted by Gasteiger charge is -2.17. The Balaban J connectivity index is 1.60. The first kappa shape index (κ1) is 26.8. The van der Waals surface area contributed by atoms with Crippen molar-refractivity contribution in [3.8, 4) is 28.5 Å². The van der Waals surface area contributed by atoms with Gasteiger partial charge < -0.3 is 24.8 Å². The number of anilines is 1. The predicted molar refractivity (Wildman–Crippen MR) is 147 cm³/mol. The zero-order chi connectivity index (χ0) is 26.2. The smallest absolute Gasteiger partial charge is 0.256 e. The van der Waals surface area contributed by atoms with Crippen molar-refractivity contribution in [1.29, 1.82) is 0 Å². The second-order valence-corrected chi connectivity index (χ2v) is 10.4. The number of hydrogen-bond donors (Lipinski definition) is 2. The summed E-state index contributed by atoms with van der Waals surface area (Å²) >= 11 is 2.71. The molecule has 1 aliphatic carbocycles. The zero-order valence-electron chi connectivity index (χ0n) is 21.2. The summed E-state index contributed by atoms with van der Waals surface area (Å²) < 4.78 is 18.0. The SMILES string of the molecule is CCOc1cc(C(=O)Nc2sc(SCC(=O)NC3CC3)nc2-c2ccccc2)cc(OCC)c1OCC. The van der Waals surface area contributed by atoms with E-state index in [0.717, 1.165) is 18.4 Å². The van der Waals surface area contributed by atoms with Crippen molar-refractivity contribution in [2.24, 2.45) is 0 Å². The van der Waals surface area contributed by atoms with Gasteiger partial charge in [-0.15, -0.1) is 0 Å². The monoisotopic (exact) mass is 541 g/mol. The minimum absolute atomic E-state index is 0.00385. The Morgan fingerprint density at radius 1 is 1.00 bits per heavy atom. The van der Waals surface area contributed by atoms with Gasteiger partial charge in [0.05, 0.1) is 25.6 Å². The van der Waals surface area contributed by atoms with Crippen molar-refractivity contribution < 1.29 is 23.8 Å². The number of thiazole rings is 1. The molecule has 0 saturated heterocycles. The molecule has 1 saturated carbocycles. The molecule has 1 aliphatic rings. The van der Waals surface area contributed by atoms with Crippen LogP contribution >= 0.6 is 23.1 Å². The van der Waals surface area contributed by atoms with Gasteiger partial charge in [-0.2, -0.15) is 0 Å². The maximum atomic E-state index is 13.4. The Kier molecular flexibility index (Phi) is 9.29. The van der Waals surface area contributed by atoms with Crippen molar-refractivity contribution in [2.45, 2.75) is 44.0 Å². The minimum Gasteiger partial charge on any atom is -0.490 e. The summed E-state index contributed by atoms with van der Waals surface area (Å²) in [6, 6.07) is 13.3. The Hall–Kier alpha value is -3.24. The molecule has 8 nitrogen and oxygen atoms in total. The lowest BCUT2D eigenvalue weighted by molar-refractivity contribution is -0.118. The topological polar surface area (TPSA) is 98.8 Å². The normalized spacial score (nSPS) is 12.6. The highest BCUT2D eigenvalue weighted by Gasteiger charge is 2.24. The van der Waals surface area contributed by atoms with Crippen LogP contribution in [0.1, 0.15) is 44.0 Å². The fourth-order valence-electron chi connectivity index (χ4n) is 3.56. The second kappa shape index (κ2) is 12.8. The molecule has 10 heteroatoms. The number of nitrogens with zero attached hydrogens (tertiary/aromatic N) is 1. The second-order valence-electron chi connectivity index (χ2n) is 8.21. The van der Waals surface area contributed by atoms with Gasteiger partial charge in [-0.3, -0.25) is 9.59 Å². The van der Waals surface area contributed by atoms with E-state index >= 15 is 0 Å². The van der Waals surface area contributed by atoms with Crippen molar-refractivity contribution in [3.05, 3.63) is 48.0 Å². The summed E-state index contributed by atoms with van der Waals surface area (Å²) in [5.74, 6) is 1.33. The van der Waals surface area contributed by atoms with Crippen LogP contribution in [0.4, 0.5) is 5.00 Å². The van der Waals surface area contributed by atoms with E-state index in [1.807, 2.05) is 51.1 Å². The molecule has 2 N–H and O–H groups in total. The summed E-state index contributed by atoms with van der Waals surface area (Å²) in [7, 11) is 0. The molecule has 0 spiro atoms. The summed E-state index contributed by atoms with van der Waals surface area (Å²) in [4.78, 5) is 30.3. The van der Waals surface area contributed by atoms with Crippen LogP contribution in [0.2, 0.25) is 0 Å². The number of benzene rings is 2. The van der Waals surface area contributed by atoms with Crippen LogP contribution < -0.4 is 24.8 Å². The van der Waals surface area contributed by atoms with Gasteiger partial charge in [0, 0.05) is 17.2 Å². The van der Waals surface area contributed by atoms with Crippen molar-refractivity contribution >= 4 is 39.9 Å². The molecule has 2 aromatic carbocycles. The number of amides is 2.